The minimum atomic E-state index is -1.11. The topological polar surface area (TPSA) is 81.2 Å². The van der Waals surface area contributed by atoms with E-state index in [0.29, 0.717) is 5.76 Å². The third-order valence-electron chi connectivity index (χ3n) is 2.75. The van der Waals surface area contributed by atoms with E-state index in [-0.39, 0.29) is 5.69 Å². The number of fused-ring (bicyclic) bond motifs is 1. The molecule has 0 aliphatic rings. The molecule has 0 saturated carbocycles. The Labute approximate surface area is 101 Å². The van der Waals surface area contributed by atoms with Crippen LogP contribution in [0.3, 0.4) is 0 Å². The molecule has 0 aliphatic carbocycles. The molecule has 0 amide bonds. The monoisotopic (exact) mass is 243 g/mol. The normalized spacial score (nSPS) is 10.9. The number of aromatic carboxylic acids is 1. The number of benzene rings is 1. The summed E-state index contributed by atoms with van der Waals surface area (Å²) in [6, 6.07) is 7.01. The summed E-state index contributed by atoms with van der Waals surface area (Å²) in [6.45, 7) is 0. The number of carboxylic acid groups (broad SMARTS) is 1. The van der Waals surface area contributed by atoms with Gasteiger partial charge in [0.15, 0.2) is 11.5 Å². The molecule has 1 aromatic carbocycles. The molecule has 3 aromatic rings. The number of hydrogen-bond donors (Lipinski definition) is 1. The van der Waals surface area contributed by atoms with Crippen LogP contribution in [0.1, 0.15) is 10.5 Å². The summed E-state index contributed by atoms with van der Waals surface area (Å²) in [5.41, 5.74) is 2.32. The largest absolute Gasteiger partial charge is 0.476 e. The lowest BCUT2D eigenvalue weighted by Crippen LogP contribution is -1.94. The van der Waals surface area contributed by atoms with Crippen LogP contribution in [0, 0.1) is 0 Å². The van der Waals surface area contributed by atoms with Gasteiger partial charge in [-0.1, -0.05) is 11.2 Å². The number of aryl methyl sites for hydroxylation is 1. The van der Waals surface area contributed by atoms with E-state index in [9.17, 15) is 4.79 Å². The molecule has 3 rings (SSSR count). The van der Waals surface area contributed by atoms with Crippen LogP contribution in [0.15, 0.2) is 35.1 Å². The highest BCUT2D eigenvalue weighted by atomic mass is 16.5. The molecule has 1 N–H and O–H groups in total. The van der Waals surface area contributed by atoms with Crippen molar-refractivity contribution in [2.24, 2.45) is 7.05 Å². The molecule has 90 valence electrons. The van der Waals surface area contributed by atoms with Crippen LogP contribution < -0.4 is 0 Å². The molecule has 6 nitrogen and oxygen atoms in total. The van der Waals surface area contributed by atoms with Crippen LogP contribution in [0.25, 0.3) is 22.4 Å². The zero-order valence-corrected chi connectivity index (χ0v) is 9.49. The molecular formula is C12H9N3O3. The van der Waals surface area contributed by atoms with Crippen LogP contribution in [0.5, 0.6) is 0 Å². The maximum atomic E-state index is 10.8. The van der Waals surface area contributed by atoms with Gasteiger partial charge in [0.2, 0.25) is 0 Å². The Bertz CT molecular complexity index is 742. The molecular weight excluding hydrogens is 234 g/mol. The van der Waals surface area contributed by atoms with Gasteiger partial charge in [-0.2, -0.15) is 0 Å². The van der Waals surface area contributed by atoms with Crippen LogP contribution in [-0.4, -0.2) is 25.8 Å². The fourth-order valence-electron chi connectivity index (χ4n) is 1.86. The smallest absolute Gasteiger partial charge is 0.358 e. The van der Waals surface area contributed by atoms with Crippen molar-refractivity contribution < 1.29 is 14.4 Å². The Morgan fingerprint density at radius 3 is 3.00 bits per heavy atom. The molecule has 2 heterocycles. The van der Waals surface area contributed by atoms with Crippen molar-refractivity contribution in [2.75, 3.05) is 0 Å². The number of rotatable bonds is 2. The Kier molecular flexibility index (Phi) is 2.16. The van der Waals surface area contributed by atoms with Gasteiger partial charge in [-0.25, -0.2) is 9.78 Å². The lowest BCUT2D eigenvalue weighted by Gasteiger charge is -1.98. The second kappa shape index (κ2) is 3.69. The van der Waals surface area contributed by atoms with Crippen molar-refractivity contribution in [3.05, 3.63) is 36.3 Å². The maximum absolute atomic E-state index is 10.8. The van der Waals surface area contributed by atoms with Gasteiger partial charge in [-0.05, 0) is 12.1 Å². The number of hydrogen-bond acceptors (Lipinski definition) is 4. The van der Waals surface area contributed by atoms with E-state index in [1.165, 1.54) is 6.07 Å². The summed E-state index contributed by atoms with van der Waals surface area (Å²) in [4.78, 5) is 15.0. The fraction of sp³-hybridized carbons (Fsp3) is 0.0833. The van der Waals surface area contributed by atoms with Crippen molar-refractivity contribution in [2.45, 2.75) is 0 Å². The quantitative estimate of drug-likeness (QED) is 0.743. The molecule has 0 radical (unpaired) electrons. The Morgan fingerprint density at radius 1 is 1.44 bits per heavy atom. The maximum Gasteiger partial charge on any atom is 0.358 e. The first-order valence-electron chi connectivity index (χ1n) is 5.27. The summed E-state index contributed by atoms with van der Waals surface area (Å²) in [6.07, 6.45) is 1.70. The predicted octanol–water partition coefficient (Wildman–Crippen LogP) is 1.93. The summed E-state index contributed by atoms with van der Waals surface area (Å²) in [5.74, 6) is -0.713. The van der Waals surface area contributed by atoms with Gasteiger partial charge in [0, 0.05) is 18.7 Å². The molecule has 6 heteroatoms. The van der Waals surface area contributed by atoms with E-state index in [1.807, 2.05) is 29.8 Å². The van der Waals surface area contributed by atoms with E-state index in [4.69, 9.17) is 9.63 Å². The van der Waals surface area contributed by atoms with Gasteiger partial charge in [-0.3, -0.25) is 0 Å². The molecule has 0 bridgehead atoms. The van der Waals surface area contributed by atoms with Gasteiger partial charge in [-0.15, -0.1) is 0 Å². The highest BCUT2D eigenvalue weighted by molar-refractivity contribution is 5.92. The standard InChI is InChI=1S/C12H9N3O3/c1-15-6-13-11-7(3-2-4-9(11)15)10-5-8(12(16)17)14-18-10/h2-6H,1H3,(H,16,17). The third-order valence-corrected chi connectivity index (χ3v) is 2.75. The van der Waals surface area contributed by atoms with Gasteiger partial charge >= 0.3 is 5.97 Å². The van der Waals surface area contributed by atoms with Gasteiger partial charge in [0.05, 0.1) is 17.4 Å². The molecule has 0 saturated heterocycles. The average molecular weight is 243 g/mol. The summed E-state index contributed by atoms with van der Waals surface area (Å²) in [7, 11) is 1.89. The van der Waals surface area contributed by atoms with E-state index in [0.717, 1.165) is 16.6 Å². The van der Waals surface area contributed by atoms with E-state index in [2.05, 4.69) is 10.1 Å². The molecule has 18 heavy (non-hydrogen) atoms. The molecule has 0 spiro atoms. The third kappa shape index (κ3) is 1.46. The van der Waals surface area contributed by atoms with Crippen molar-refractivity contribution >= 4 is 17.0 Å². The fourth-order valence-corrected chi connectivity index (χ4v) is 1.86. The number of imidazole rings is 1. The predicted molar refractivity (Wildman–Crippen MR) is 63.2 cm³/mol. The highest BCUT2D eigenvalue weighted by Gasteiger charge is 2.15. The SMILES string of the molecule is Cn1cnc2c(-c3cc(C(=O)O)no3)cccc21. The van der Waals surface area contributed by atoms with Gasteiger partial charge in [0.25, 0.3) is 0 Å². The number of carboxylic acids is 1. The van der Waals surface area contributed by atoms with Crippen LogP contribution >= 0.6 is 0 Å². The second-order valence-corrected chi connectivity index (χ2v) is 3.91. The number of para-hydroxylation sites is 1. The van der Waals surface area contributed by atoms with Crippen LogP contribution in [0.4, 0.5) is 0 Å². The Balaban J connectivity index is 2.21. The molecule has 0 fully saturated rings. The number of nitrogens with zero attached hydrogens (tertiary/aromatic N) is 3. The highest BCUT2D eigenvalue weighted by Crippen LogP contribution is 2.27. The first-order valence-corrected chi connectivity index (χ1v) is 5.27. The van der Waals surface area contributed by atoms with Crippen molar-refractivity contribution in [3.63, 3.8) is 0 Å². The summed E-state index contributed by atoms with van der Waals surface area (Å²) in [5, 5.41) is 12.3. The zero-order valence-electron chi connectivity index (χ0n) is 9.49. The van der Waals surface area contributed by atoms with E-state index in [1.54, 1.807) is 6.33 Å². The lowest BCUT2D eigenvalue weighted by atomic mass is 10.1. The van der Waals surface area contributed by atoms with E-state index < -0.39 is 5.97 Å². The molecule has 2 aromatic heterocycles. The minimum absolute atomic E-state index is 0.113. The number of carbonyl (C=O) groups is 1. The molecule has 0 aliphatic heterocycles. The minimum Gasteiger partial charge on any atom is -0.476 e. The Morgan fingerprint density at radius 2 is 2.28 bits per heavy atom. The second-order valence-electron chi connectivity index (χ2n) is 3.91. The Hall–Kier alpha value is -2.63. The molecule has 0 unspecified atom stereocenters. The van der Waals surface area contributed by atoms with Crippen molar-refractivity contribution in [1.82, 2.24) is 14.7 Å². The summed E-state index contributed by atoms with van der Waals surface area (Å²) < 4.78 is 6.93. The first kappa shape index (κ1) is 10.5. The summed E-state index contributed by atoms with van der Waals surface area (Å²) >= 11 is 0. The first-order chi connectivity index (χ1) is 8.66. The van der Waals surface area contributed by atoms with Gasteiger partial charge in [0.1, 0.15) is 0 Å². The zero-order chi connectivity index (χ0) is 12.7. The van der Waals surface area contributed by atoms with Gasteiger partial charge < -0.3 is 14.2 Å². The van der Waals surface area contributed by atoms with Crippen LogP contribution in [-0.2, 0) is 7.05 Å². The van der Waals surface area contributed by atoms with E-state index >= 15 is 0 Å². The van der Waals surface area contributed by atoms with Crippen molar-refractivity contribution in [1.29, 1.82) is 0 Å². The van der Waals surface area contributed by atoms with Crippen molar-refractivity contribution in [3.8, 4) is 11.3 Å². The molecule has 0 atom stereocenters. The number of aromatic nitrogens is 3. The lowest BCUT2D eigenvalue weighted by molar-refractivity contribution is 0.0686. The van der Waals surface area contributed by atoms with Crippen LogP contribution in [0.2, 0.25) is 0 Å². The average Bonchev–Trinajstić information content (AvgIpc) is 2.97.